The van der Waals surface area contributed by atoms with Crippen LogP contribution in [0.15, 0.2) is 18.2 Å². The maximum Gasteiger partial charge on any atom is 0.231 e. The molecule has 4 heterocycles. The van der Waals surface area contributed by atoms with Gasteiger partial charge in [0.2, 0.25) is 6.79 Å². The normalized spacial score (nSPS) is 20.1. The zero-order valence-electron chi connectivity index (χ0n) is 16.2. The summed E-state index contributed by atoms with van der Waals surface area (Å²) in [6, 6.07) is 6.25. The van der Waals surface area contributed by atoms with Crippen molar-refractivity contribution in [1.82, 2.24) is 24.1 Å². The maximum atomic E-state index is 5.69. The van der Waals surface area contributed by atoms with E-state index in [2.05, 4.69) is 26.5 Å². The van der Waals surface area contributed by atoms with Gasteiger partial charge in [-0.1, -0.05) is 12.5 Å². The monoisotopic (exact) mass is 401 g/mol. The Bertz CT molecular complexity index is 900. The lowest BCUT2D eigenvalue weighted by Gasteiger charge is -2.34. The third-order valence-electron chi connectivity index (χ3n) is 5.92. The molecule has 0 atom stereocenters. The highest BCUT2D eigenvalue weighted by Gasteiger charge is 2.21. The Labute approximate surface area is 170 Å². The van der Waals surface area contributed by atoms with E-state index < -0.39 is 0 Å². The summed E-state index contributed by atoms with van der Waals surface area (Å²) in [6.45, 7) is 7.28. The van der Waals surface area contributed by atoms with Gasteiger partial charge in [-0.25, -0.2) is 4.68 Å². The summed E-state index contributed by atoms with van der Waals surface area (Å²) in [5.74, 6) is 2.89. The molecule has 0 radical (unpaired) electrons. The molecule has 150 valence electrons. The fourth-order valence-corrected chi connectivity index (χ4v) is 4.59. The van der Waals surface area contributed by atoms with E-state index in [-0.39, 0.29) is 0 Å². The first-order valence-corrected chi connectivity index (χ1v) is 10.7. The number of hydrogen-bond acceptors (Lipinski definition) is 6. The fourth-order valence-electron chi connectivity index (χ4n) is 4.29. The van der Waals surface area contributed by atoms with Gasteiger partial charge in [0, 0.05) is 45.7 Å². The van der Waals surface area contributed by atoms with E-state index in [1.165, 1.54) is 30.7 Å². The van der Waals surface area contributed by atoms with Gasteiger partial charge < -0.3 is 14.0 Å². The van der Waals surface area contributed by atoms with Crippen molar-refractivity contribution in [2.75, 3.05) is 33.0 Å². The summed E-state index contributed by atoms with van der Waals surface area (Å²) in [6.07, 6.45) is 4.78. The van der Waals surface area contributed by atoms with E-state index >= 15 is 0 Å². The van der Waals surface area contributed by atoms with Gasteiger partial charge in [-0.2, -0.15) is 5.10 Å². The number of ether oxygens (including phenoxy) is 2. The molecule has 8 heteroatoms. The van der Waals surface area contributed by atoms with Crippen LogP contribution in [-0.2, 0) is 26.2 Å². The van der Waals surface area contributed by atoms with Crippen LogP contribution in [0.4, 0.5) is 0 Å². The van der Waals surface area contributed by atoms with Crippen molar-refractivity contribution in [3.63, 3.8) is 0 Å². The second-order valence-electron chi connectivity index (χ2n) is 7.88. The van der Waals surface area contributed by atoms with Crippen LogP contribution >= 0.6 is 12.2 Å². The lowest BCUT2D eigenvalue weighted by Crippen LogP contribution is -2.46. The van der Waals surface area contributed by atoms with Gasteiger partial charge in [-0.15, -0.1) is 0 Å². The van der Waals surface area contributed by atoms with Crippen molar-refractivity contribution in [2.45, 2.75) is 45.4 Å². The van der Waals surface area contributed by atoms with E-state index in [4.69, 9.17) is 26.8 Å². The minimum Gasteiger partial charge on any atom is -0.454 e. The number of aryl methyl sites for hydroxylation is 1. The molecule has 0 saturated carbocycles. The van der Waals surface area contributed by atoms with Gasteiger partial charge in [-0.05, 0) is 42.8 Å². The molecule has 3 aliphatic rings. The number of benzene rings is 1. The molecule has 0 spiro atoms. The largest absolute Gasteiger partial charge is 0.454 e. The van der Waals surface area contributed by atoms with Gasteiger partial charge in [-0.3, -0.25) is 9.80 Å². The van der Waals surface area contributed by atoms with Crippen LogP contribution in [0.5, 0.6) is 11.5 Å². The fraction of sp³-hybridized carbons (Fsp3) is 0.600. The van der Waals surface area contributed by atoms with Gasteiger partial charge in [0.25, 0.3) is 0 Å². The van der Waals surface area contributed by atoms with E-state index in [0.29, 0.717) is 6.79 Å². The first kappa shape index (κ1) is 18.1. The highest BCUT2D eigenvalue weighted by Crippen LogP contribution is 2.32. The first-order chi connectivity index (χ1) is 13.8. The third-order valence-corrected chi connectivity index (χ3v) is 6.35. The van der Waals surface area contributed by atoms with Crippen LogP contribution in [-0.4, -0.2) is 57.1 Å². The minimum atomic E-state index is 0.331. The maximum absolute atomic E-state index is 5.69. The molecule has 3 aliphatic heterocycles. The Hall–Kier alpha value is -1.90. The Morgan fingerprint density at radius 3 is 2.64 bits per heavy atom. The van der Waals surface area contributed by atoms with E-state index in [1.54, 1.807) is 0 Å². The van der Waals surface area contributed by atoms with Crippen molar-refractivity contribution >= 4 is 12.2 Å². The molecule has 0 unspecified atom stereocenters. The zero-order chi connectivity index (χ0) is 18.9. The van der Waals surface area contributed by atoms with Crippen LogP contribution in [0.1, 0.15) is 30.7 Å². The summed E-state index contributed by atoms with van der Waals surface area (Å²) in [4.78, 5) is 4.95. The van der Waals surface area contributed by atoms with Crippen LogP contribution in [0.2, 0.25) is 0 Å². The first-order valence-electron chi connectivity index (χ1n) is 10.3. The smallest absolute Gasteiger partial charge is 0.231 e. The highest BCUT2D eigenvalue weighted by molar-refractivity contribution is 7.71. The van der Waals surface area contributed by atoms with Crippen LogP contribution in [0.3, 0.4) is 0 Å². The number of piperazine rings is 1. The Morgan fingerprint density at radius 1 is 0.929 bits per heavy atom. The SMILES string of the molecule is S=c1n(CN2CCN(Cc3ccc4c(c3)OCO4)CC2)nc2n1CCCCC2. The molecule has 0 amide bonds. The standard InChI is InChI=1S/C20H27N5O2S/c28-20-24-7-3-1-2-4-19(24)21-25(20)14-23-10-8-22(9-11-23)13-16-5-6-17-18(12-16)27-15-26-17/h5-6,12H,1-4,7-11,13-15H2. The van der Waals surface area contributed by atoms with Gasteiger partial charge in [0.15, 0.2) is 16.3 Å². The number of hydrogen-bond donors (Lipinski definition) is 0. The lowest BCUT2D eigenvalue weighted by atomic mass is 10.1. The van der Waals surface area contributed by atoms with Gasteiger partial charge in [0.1, 0.15) is 5.82 Å². The number of fused-ring (bicyclic) bond motifs is 2. The van der Waals surface area contributed by atoms with Gasteiger partial charge >= 0.3 is 0 Å². The third kappa shape index (κ3) is 3.68. The Kier molecular flexibility index (Phi) is 5.09. The van der Waals surface area contributed by atoms with Crippen molar-refractivity contribution in [3.8, 4) is 11.5 Å². The van der Waals surface area contributed by atoms with Crippen LogP contribution < -0.4 is 9.47 Å². The van der Waals surface area contributed by atoms with Crippen molar-refractivity contribution in [2.24, 2.45) is 0 Å². The molecule has 1 saturated heterocycles. The zero-order valence-corrected chi connectivity index (χ0v) is 17.0. The number of aromatic nitrogens is 3. The Morgan fingerprint density at radius 2 is 1.75 bits per heavy atom. The molecule has 7 nitrogen and oxygen atoms in total. The minimum absolute atomic E-state index is 0.331. The van der Waals surface area contributed by atoms with Crippen molar-refractivity contribution in [3.05, 3.63) is 34.4 Å². The average molecular weight is 402 g/mol. The molecule has 0 aliphatic carbocycles. The van der Waals surface area contributed by atoms with E-state index in [0.717, 1.165) is 68.6 Å². The predicted molar refractivity (Wildman–Crippen MR) is 108 cm³/mol. The molecule has 1 aromatic carbocycles. The highest BCUT2D eigenvalue weighted by atomic mass is 32.1. The molecule has 1 fully saturated rings. The lowest BCUT2D eigenvalue weighted by molar-refractivity contribution is 0.0978. The molecule has 5 rings (SSSR count). The average Bonchev–Trinajstić information content (AvgIpc) is 3.20. The summed E-state index contributed by atoms with van der Waals surface area (Å²) in [7, 11) is 0. The van der Waals surface area contributed by atoms with E-state index in [9.17, 15) is 0 Å². The molecular weight excluding hydrogens is 374 g/mol. The molecular formula is C20H27N5O2S. The van der Waals surface area contributed by atoms with Crippen molar-refractivity contribution in [1.29, 1.82) is 0 Å². The Balaban J connectivity index is 1.17. The molecule has 1 aromatic heterocycles. The van der Waals surface area contributed by atoms with Crippen LogP contribution in [0.25, 0.3) is 0 Å². The predicted octanol–water partition coefficient (Wildman–Crippen LogP) is 2.64. The number of rotatable bonds is 4. The summed E-state index contributed by atoms with van der Waals surface area (Å²) in [5.41, 5.74) is 1.28. The van der Waals surface area contributed by atoms with Crippen molar-refractivity contribution < 1.29 is 9.47 Å². The second kappa shape index (κ2) is 7.85. The molecule has 28 heavy (non-hydrogen) atoms. The molecule has 0 bridgehead atoms. The molecule has 2 aromatic rings. The van der Waals surface area contributed by atoms with Crippen LogP contribution in [0, 0.1) is 4.77 Å². The quantitative estimate of drug-likeness (QED) is 0.734. The number of nitrogens with zero attached hydrogens (tertiary/aromatic N) is 5. The summed E-state index contributed by atoms with van der Waals surface area (Å²) < 4.78 is 16.1. The summed E-state index contributed by atoms with van der Waals surface area (Å²) >= 11 is 5.69. The second-order valence-corrected chi connectivity index (χ2v) is 8.25. The molecule has 0 N–H and O–H groups in total. The van der Waals surface area contributed by atoms with Gasteiger partial charge in [0.05, 0.1) is 6.67 Å². The van der Waals surface area contributed by atoms with E-state index in [1.807, 2.05) is 10.7 Å². The summed E-state index contributed by atoms with van der Waals surface area (Å²) in [5, 5.41) is 4.82. The topological polar surface area (TPSA) is 47.7 Å².